The predicted molar refractivity (Wildman–Crippen MR) is 54.5 cm³/mol. The number of rotatable bonds is 3. The van der Waals surface area contributed by atoms with E-state index < -0.39 is 0 Å². The van der Waals surface area contributed by atoms with Crippen molar-refractivity contribution in [1.29, 1.82) is 0 Å². The van der Waals surface area contributed by atoms with Crippen molar-refractivity contribution < 1.29 is 4.52 Å². The smallest absolute Gasteiger partial charge is 0.223 e. The van der Waals surface area contributed by atoms with Crippen LogP contribution in [0, 0.1) is 6.92 Å². The first-order chi connectivity index (χ1) is 7.16. The van der Waals surface area contributed by atoms with Crippen molar-refractivity contribution in [2.24, 2.45) is 0 Å². The molecule has 0 bridgehead atoms. The Morgan fingerprint density at radius 3 is 2.87 bits per heavy atom. The first kappa shape index (κ1) is 9.89. The fourth-order valence-corrected chi connectivity index (χ4v) is 1.51. The molecule has 2 aromatic rings. The minimum Gasteiger partial charge on any atom is -0.340 e. The summed E-state index contributed by atoms with van der Waals surface area (Å²) in [6, 6.07) is 0. The molecular weight excluding hydrogens is 192 g/mol. The van der Waals surface area contributed by atoms with Gasteiger partial charge in [0.1, 0.15) is 5.82 Å². The summed E-state index contributed by atoms with van der Waals surface area (Å²) in [5, 5.41) is 3.86. The normalized spacial score (nSPS) is 11.2. The van der Waals surface area contributed by atoms with Gasteiger partial charge in [-0.3, -0.25) is 0 Å². The molecule has 0 atom stereocenters. The topological polar surface area (TPSA) is 56.7 Å². The van der Waals surface area contributed by atoms with Crippen molar-refractivity contribution in [3.63, 3.8) is 0 Å². The summed E-state index contributed by atoms with van der Waals surface area (Å²) in [5.41, 5.74) is 0. The van der Waals surface area contributed by atoms with Crippen molar-refractivity contribution in [2.75, 3.05) is 0 Å². The molecule has 0 N–H and O–H groups in total. The van der Waals surface area contributed by atoms with Gasteiger partial charge < -0.3 is 9.09 Å². The summed E-state index contributed by atoms with van der Waals surface area (Å²) in [4.78, 5) is 8.46. The van der Waals surface area contributed by atoms with Crippen molar-refractivity contribution >= 4 is 0 Å². The van der Waals surface area contributed by atoms with E-state index in [0.717, 1.165) is 5.82 Å². The minimum atomic E-state index is 0.396. The van der Waals surface area contributed by atoms with E-state index >= 15 is 0 Å². The lowest BCUT2D eigenvalue weighted by atomic mass is 10.2. The molecule has 2 aromatic heterocycles. The first-order valence-corrected chi connectivity index (χ1v) is 4.97. The van der Waals surface area contributed by atoms with Crippen molar-refractivity contribution in [2.45, 2.75) is 33.2 Å². The van der Waals surface area contributed by atoms with Crippen LogP contribution < -0.4 is 0 Å². The number of imidazole rings is 1. The van der Waals surface area contributed by atoms with Gasteiger partial charge in [0.2, 0.25) is 5.89 Å². The lowest BCUT2D eigenvalue weighted by molar-refractivity contribution is 0.385. The molecule has 0 radical (unpaired) electrons. The van der Waals surface area contributed by atoms with Crippen LogP contribution in [0.1, 0.15) is 37.3 Å². The molecule has 0 unspecified atom stereocenters. The summed E-state index contributed by atoms with van der Waals surface area (Å²) in [5.74, 6) is 2.72. The Morgan fingerprint density at radius 2 is 2.27 bits per heavy atom. The summed E-state index contributed by atoms with van der Waals surface area (Å²) in [7, 11) is 0. The Hall–Kier alpha value is -1.65. The zero-order valence-electron chi connectivity index (χ0n) is 9.14. The van der Waals surface area contributed by atoms with Gasteiger partial charge in [0.15, 0.2) is 5.82 Å². The van der Waals surface area contributed by atoms with Gasteiger partial charge in [0.25, 0.3) is 0 Å². The molecule has 0 saturated carbocycles. The van der Waals surface area contributed by atoms with Gasteiger partial charge in [-0.1, -0.05) is 19.0 Å². The lowest BCUT2D eigenvalue weighted by Crippen LogP contribution is -2.06. The minimum absolute atomic E-state index is 0.396. The lowest BCUT2D eigenvalue weighted by Gasteiger charge is -2.07. The van der Waals surface area contributed by atoms with Gasteiger partial charge in [-0.2, -0.15) is 4.98 Å². The molecule has 5 nitrogen and oxygen atoms in total. The highest BCUT2D eigenvalue weighted by atomic mass is 16.5. The Balaban J connectivity index is 2.20. The monoisotopic (exact) mass is 206 g/mol. The van der Waals surface area contributed by atoms with Crippen LogP contribution in [0.15, 0.2) is 16.9 Å². The molecule has 0 aromatic carbocycles. The van der Waals surface area contributed by atoms with Gasteiger partial charge in [0, 0.05) is 25.2 Å². The van der Waals surface area contributed by atoms with E-state index in [1.165, 1.54) is 0 Å². The van der Waals surface area contributed by atoms with Crippen LogP contribution in [0.3, 0.4) is 0 Å². The molecule has 15 heavy (non-hydrogen) atoms. The second-order valence-electron chi connectivity index (χ2n) is 3.80. The van der Waals surface area contributed by atoms with Gasteiger partial charge in [0.05, 0.1) is 6.54 Å². The highest BCUT2D eigenvalue weighted by Gasteiger charge is 2.09. The number of hydrogen-bond acceptors (Lipinski definition) is 4. The summed E-state index contributed by atoms with van der Waals surface area (Å²) in [6.45, 7) is 6.62. The van der Waals surface area contributed by atoms with Crippen molar-refractivity contribution in [3.8, 4) is 0 Å². The van der Waals surface area contributed by atoms with Crippen molar-refractivity contribution in [3.05, 3.63) is 29.9 Å². The maximum absolute atomic E-state index is 4.92. The summed E-state index contributed by atoms with van der Waals surface area (Å²) >= 11 is 0. The highest BCUT2D eigenvalue weighted by Crippen LogP contribution is 2.12. The largest absolute Gasteiger partial charge is 0.340 e. The van der Waals surface area contributed by atoms with Crippen LogP contribution in [0.5, 0.6) is 0 Å². The Morgan fingerprint density at radius 1 is 1.47 bits per heavy atom. The maximum Gasteiger partial charge on any atom is 0.223 e. The van der Waals surface area contributed by atoms with Crippen LogP contribution in [0.25, 0.3) is 0 Å². The van der Waals surface area contributed by atoms with E-state index in [2.05, 4.69) is 29.0 Å². The Kier molecular flexibility index (Phi) is 2.53. The number of hydrogen-bond donors (Lipinski definition) is 0. The fourth-order valence-electron chi connectivity index (χ4n) is 1.51. The number of aryl methyl sites for hydroxylation is 1. The molecule has 2 heterocycles. The van der Waals surface area contributed by atoms with Crippen LogP contribution in [0.2, 0.25) is 0 Å². The molecule has 0 aliphatic rings. The first-order valence-electron chi connectivity index (χ1n) is 4.97. The molecule has 80 valence electrons. The van der Waals surface area contributed by atoms with Crippen LogP contribution >= 0.6 is 0 Å². The van der Waals surface area contributed by atoms with E-state index in [-0.39, 0.29) is 0 Å². The second kappa shape index (κ2) is 3.84. The van der Waals surface area contributed by atoms with E-state index in [1.807, 2.05) is 10.8 Å². The van der Waals surface area contributed by atoms with E-state index in [0.29, 0.717) is 24.2 Å². The standard InChI is InChI=1S/C10H14N4O/c1-7(2)10-11-4-5-14(10)6-9-12-8(3)15-13-9/h4-5,7H,6H2,1-3H3. The molecule has 0 fully saturated rings. The van der Waals surface area contributed by atoms with Crippen molar-refractivity contribution in [1.82, 2.24) is 19.7 Å². The zero-order valence-corrected chi connectivity index (χ0v) is 9.14. The molecule has 5 heteroatoms. The maximum atomic E-state index is 4.92. The van der Waals surface area contributed by atoms with E-state index in [9.17, 15) is 0 Å². The molecule has 0 aliphatic carbocycles. The number of aromatic nitrogens is 4. The number of nitrogens with zero attached hydrogens (tertiary/aromatic N) is 4. The average Bonchev–Trinajstić information content (AvgIpc) is 2.75. The average molecular weight is 206 g/mol. The van der Waals surface area contributed by atoms with Crippen LogP contribution in [-0.4, -0.2) is 19.7 Å². The van der Waals surface area contributed by atoms with E-state index in [1.54, 1.807) is 13.1 Å². The Labute approximate surface area is 88.1 Å². The Bertz CT molecular complexity index is 444. The molecule has 0 spiro atoms. The summed E-state index contributed by atoms with van der Waals surface area (Å²) < 4.78 is 6.96. The molecule has 0 amide bonds. The second-order valence-corrected chi connectivity index (χ2v) is 3.80. The van der Waals surface area contributed by atoms with Gasteiger partial charge >= 0.3 is 0 Å². The van der Waals surface area contributed by atoms with Crippen LogP contribution in [-0.2, 0) is 6.54 Å². The summed E-state index contributed by atoms with van der Waals surface area (Å²) in [6.07, 6.45) is 3.73. The van der Waals surface area contributed by atoms with E-state index in [4.69, 9.17) is 4.52 Å². The third kappa shape index (κ3) is 2.06. The van der Waals surface area contributed by atoms with Gasteiger partial charge in [-0.25, -0.2) is 4.98 Å². The highest BCUT2D eigenvalue weighted by molar-refractivity contribution is 5.00. The molecule has 2 rings (SSSR count). The SMILES string of the molecule is Cc1nc(Cn2ccnc2C(C)C)no1. The zero-order chi connectivity index (χ0) is 10.8. The molecule has 0 aliphatic heterocycles. The molecular formula is C10H14N4O. The third-order valence-electron chi connectivity index (χ3n) is 2.15. The third-order valence-corrected chi connectivity index (χ3v) is 2.15. The predicted octanol–water partition coefficient (Wildman–Crippen LogP) is 1.75. The van der Waals surface area contributed by atoms with Gasteiger partial charge in [-0.15, -0.1) is 0 Å². The van der Waals surface area contributed by atoms with Gasteiger partial charge in [-0.05, 0) is 0 Å². The van der Waals surface area contributed by atoms with Crippen LogP contribution in [0.4, 0.5) is 0 Å². The molecule has 0 saturated heterocycles. The quantitative estimate of drug-likeness (QED) is 0.767. The fraction of sp³-hybridized carbons (Fsp3) is 0.500.